The first-order chi connectivity index (χ1) is 9.14. The van der Waals surface area contributed by atoms with E-state index in [1.807, 2.05) is 41.8 Å². The molecule has 0 saturated heterocycles. The van der Waals surface area contributed by atoms with Gasteiger partial charge in [0, 0.05) is 16.8 Å². The molecule has 19 heavy (non-hydrogen) atoms. The van der Waals surface area contributed by atoms with Gasteiger partial charge in [0.1, 0.15) is 0 Å². The third-order valence-electron chi connectivity index (χ3n) is 3.23. The molecular weight excluding hydrogens is 278 g/mol. The fourth-order valence-electron chi connectivity index (χ4n) is 2.21. The molecule has 3 rings (SSSR count). The fraction of sp³-hybridized carbons (Fsp3) is 0.286. The normalized spacial score (nSPS) is 22.3. The summed E-state index contributed by atoms with van der Waals surface area (Å²) >= 11 is 1.69. The first-order valence-electron chi connectivity index (χ1n) is 6.21. The molecule has 1 aromatic carbocycles. The summed E-state index contributed by atoms with van der Waals surface area (Å²) < 4.78 is 26.9. The van der Waals surface area contributed by atoms with E-state index in [0.717, 1.165) is 12.0 Å². The Bertz CT molecular complexity index is 635. The lowest BCUT2D eigenvalue weighted by atomic mass is 10.2. The second-order valence-electron chi connectivity index (χ2n) is 4.83. The number of rotatable bonds is 5. The summed E-state index contributed by atoms with van der Waals surface area (Å²) in [6.07, 6.45) is 0.911. The summed E-state index contributed by atoms with van der Waals surface area (Å²) in [4.78, 5) is 1.27. The Morgan fingerprint density at radius 3 is 2.63 bits per heavy atom. The van der Waals surface area contributed by atoms with Gasteiger partial charge in [0.2, 0.25) is 10.0 Å². The van der Waals surface area contributed by atoms with Crippen molar-refractivity contribution in [2.24, 2.45) is 0 Å². The molecule has 2 aromatic rings. The maximum atomic E-state index is 12.1. The molecule has 1 saturated carbocycles. The highest BCUT2D eigenvalue weighted by Gasteiger charge is 2.41. The minimum absolute atomic E-state index is 0.0570. The molecule has 0 aliphatic heterocycles. The minimum atomic E-state index is -3.24. The van der Waals surface area contributed by atoms with E-state index in [2.05, 4.69) is 10.8 Å². The molecule has 0 spiro atoms. The Hall–Kier alpha value is -1.17. The number of benzene rings is 1. The van der Waals surface area contributed by atoms with Crippen molar-refractivity contribution in [3.63, 3.8) is 0 Å². The van der Waals surface area contributed by atoms with Crippen molar-refractivity contribution in [1.29, 1.82) is 0 Å². The van der Waals surface area contributed by atoms with E-state index in [1.54, 1.807) is 11.3 Å². The van der Waals surface area contributed by atoms with E-state index >= 15 is 0 Å². The van der Waals surface area contributed by atoms with Gasteiger partial charge in [0.15, 0.2) is 0 Å². The molecule has 1 aromatic heterocycles. The van der Waals surface area contributed by atoms with Crippen LogP contribution in [0.25, 0.3) is 0 Å². The molecule has 0 amide bonds. The molecule has 100 valence electrons. The monoisotopic (exact) mass is 293 g/mol. The number of hydrogen-bond acceptors (Lipinski definition) is 3. The number of thiophene rings is 1. The highest BCUT2D eigenvalue weighted by molar-refractivity contribution is 7.88. The molecule has 1 N–H and O–H groups in total. The second kappa shape index (κ2) is 5.07. The van der Waals surface area contributed by atoms with Crippen LogP contribution in [0.15, 0.2) is 47.8 Å². The van der Waals surface area contributed by atoms with Gasteiger partial charge in [-0.1, -0.05) is 36.4 Å². The lowest BCUT2D eigenvalue weighted by molar-refractivity contribution is 0.579. The van der Waals surface area contributed by atoms with Gasteiger partial charge in [-0.25, -0.2) is 13.1 Å². The summed E-state index contributed by atoms with van der Waals surface area (Å²) in [5.74, 6) is 0.423. The summed E-state index contributed by atoms with van der Waals surface area (Å²) in [7, 11) is -3.24. The molecule has 1 heterocycles. The van der Waals surface area contributed by atoms with E-state index in [-0.39, 0.29) is 11.8 Å². The largest absolute Gasteiger partial charge is 0.216 e. The summed E-state index contributed by atoms with van der Waals surface area (Å²) in [5.41, 5.74) is 0.823. The van der Waals surface area contributed by atoms with Crippen LogP contribution in [-0.4, -0.2) is 14.5 Å². The highest BCUT2D eigenvalue weighted by Crippen LogP contribution is 2.43. The number of nitrogens with one attached hydrogen (secondary N) is 1. The summed E-state index contributed by atoms with van der Waals surface area (Å²) in [6, 6.07) is 13.4. The van der Waals surface area contributed by atoms with Gasteiger partial charge >= 0.3 is 0 Å². The predicted molar refractivity (Wildman–Crippen MR) is 77.7 cm³/mol. The van der Waals surface area contributed by atoms with E-state index in [1.165, 1.54) is 4.88 Å². The van der Waals surface area contributed by atoms with Gasteiger partial charge < -0.3 is 0 Å². The van der Waals surface area contributed by atoms with E-state index < -0.39 is 10.0 Å². The number of hydrogen-bond donors (Lipinski definition) is 1. The van der Waals surface area contributed by atoms with Gasteiger partial charge in [-0.3, -0.25) is 0 Å². The van der Waals surface area contributed by atoms with Gasteiger partial charge in [-0.15, -0.1) is 11.3 Å². The van der Waals surface area contributed by atoms with Gasteiger partial charge in [0.25, 0.3) is 0 Å². The molecule has 0 radical (unpaired) electrons. The van der Waals surface area contributed by atoms with Crippen molar-refractivity contribution in [1.82, 2.24) is 4.72 Å². The third-order valence-corrected chi connectivity index (χ3v) is 5.61. The topological polar surface area (TPSA) is 46.2 Å². The standard InChI is InChI=1S/C14H15NO2S2/c16-19(17,10-11-5-2-1-3-6-11)15-13-9-12(13)14-7-4-8-18-14/h1-8,12-13,15H,9-10H2. The van der Waals surface area contributed by atoms with Crippen LogP contribution >= 0.6 is 11.3 Å². The van der Waals surface area contributed by atoms with Crippen LogP contribution in [0.5, 0.6) is 0 Å². The van der Waals surface area contributed by atoms with Gasteiger partial charge in [0.05, 0.1) is 5.75 Å². The zero-order valence-electron chi connectivity index (χ0n) is 10.3. The molecule has 2 unspecified atom stereocenters. The Morgan fingerprint density at radius 1 is 1.16 bits per heavy atom. The lowest BCUT2D eigenvalue weighted by Crippen LogP contribution is -2.28. The van der Waals surface area contributed by atoms with Crippen LogP contribution in [0, 0.1) is 0 Å². The lowest BCUT2D eigenvalue weighted by Gasteiger charge is -2.06. The first kappa shape index (κ1) is 12.8. The SMILES string of the molecule is O=S(=O)(Cc1ccccc1)NC1CC1c1cccs1. The van der Waals surface area contributed by atoms with Crippen molar-refractivity contribution >= 4 is 21.4 Å². The maximum absolute atomic E-state index is 12.1. The molecule has 5 heteroatoms. The summed E-state index contributed by atoms with van der Waals surface area (Å²) in [5, 5.41) is 2.03. The first-order valence-corrected chi connectivity index (χ1v) is 8.74. The van der Waals surface area contributed by atoms with Gasteiger partial charge in [-0.05, 0) is 23.4 Å². The minimum Gasteiger partial charge on any atom is -0.212 e. The van der Waals surface area contributed by atoms with Crippen LogP contribution in [0.3, 0.4) is 0 Å². The van der Waals surface area contributed by atoms with Crippen LogP contribution in [0.1, 0.15) is 22.8 Å². The van der Waals surface area contributed by atoms with Crippen LogP contribution in [0.2, 0.25) is 0 Å². The van der Waals surface area contributed by atoms with Crippen LogP contribution in [0.4, 0.5) is 0 Å². The van der Waals surface area contributed by atoms with Crippen molar-refractivity contribution in [2.45, 2.75) is 24.1 Å². The highest BCUT2D eigenvalue weighted by atomic mass is 32.2. The zero-order valence-corrected chi connectivity index (χ0v) is 12.0. The maximum Gasteiger partial charge on any atom is 0.216 e. The molecule has 2 atom stereocenters. The van der Waals surface area contributed by atoms with Crippen molar-refractivity contribution < 1.29 is 8.42 Å². The molecule has 1 fully saturated rings. The Labute approximate surface area is 117 Å². The molecule has 0 bridgehead atoms. The Kier molecular flexibility index (Phi) is 3.43. The van der Waals surface area contributed by atoms with Crippen molar-refractivity contribution in [2.75, 3.05) is 0 Å². The van der Waals surface area contributed by atoms with E-state index in [9.17, 15) is 8.42 Å². The number of sulfonamides is 1. The fourth-order valence-corrected chi connectivity index (χ4v) is 4.55. The van der Waals surface area contributed by atoms with Gasteiger partial charge in [-0.2, -0.15) is 0 Å². The van der Waals surface area contributed by atoms with E-state index in [0.29, 0.717) is 5.92 Å². The molecule has 1 aliphatic carbocycles. The summed E-state index contributed by atoms with van der Waals surface area (Å²) in [6.45, 7) is 0. The van der Waals surface area contributed by atoms with Crippen molar-refractivity contribution in [3.05, 3.63) is 58.3 Å². The average Bonchev–Trinajstić information content (AvgIpc) is 2.91. The Balaban J connectivity index is 1.61. The molecular formula is C14H15NO2S2. The zero-order chi connectivity index (χ0) is 13.3. The van der Waals surface area contributed by atoms with Crippen molar-refractivity contribution in [3.8, 4) is 0 Å². The predicted octanol–water partition coefficient (Wildman–Crippen LogP) is 2.72. The van der Waals surface area contributed by atoms with E-state index in [4.69, 9.17) is 0 Å². The smallest absolute Gasteiger partial charge is 0.212 e. The molecule has 1 aliphatic rings. The quantitative estimate of drug-likeness (QED) is 0.921. The third kappa shape index (κ3) is 3.23. The molecule has 3 nitrogen and oxygen atoms in total. The average molecular weight is 293 g/mol. The Morgan fingerprint density at radius 2 is 1.95 bits per heavy atom. The second-order valence-corrected chi connectivity index (χ2v) is 7.56. The van der Waals surface area contributed by atoms with Crippen LogP contribution < -0.4 is 4.72 Å². The van der Waals surface area contributed by atoms with Crippen LogP contribution in [-0.2, 0) is 15.8 Å².